The molecule has 0 aliphatic heterocycles. The maximum Gasteiger partial charge on any atom is 0.0109 e. The van der Waals surface area contributed by atoms with E-state index in [2.05, 4.69) is 68.6 Å². The van der Waals surface area contributed by atoms with Gasteiger partial charge in [-0.3, -0.25) is 0 Å². The van der Waals surface area contributed by atoms with Crippen molar-refractivity contribution in [1.29, 1.82) is 0 Å². The van der Waals surface area contributed by atoms with Crippen LogP contribution >= 0.6 is 0 Å². The first kappa shape index (κ1) is 114. The topological polar surface area (TPSA) is 462 Å². The molecule has 0 radical (unpaired) electrons. The summed E-state index contributed by atoms with van der Waals surface area (Å²) in [5.41, 5.74) is 97.6. The maximum absolute atomic E-state index is 6.14. The van der Waals surface area contributed by atoms with E-state index in [0.717, 1.165) is 448 Å². The Morgan fingerprint density at radius 3 is 0.183 bits per heavy atom. The molecule has 30 heteroatoms. The molecule has 0 aromatic rings. The van der Waals surface area contributed by atoms with Crippen molar-refractivity contribution in [2.45, 2.75) is 173 Å². The first-order chi connectivity index (χ1) is 56.5. The average Bonchev–Trinajstić information content (AvgIpc) is 0.948. The van der Waals surface area contributed by atoms with Crippen LogP contribution in [0.4, 0.5) is 0 Å². The number of hydrogen-bond donors (Lipinski definition) is 16. The summed E-state index contributed by atoms with van der Waals surface area (Å²) in [5, 5.41) is 0. The molecule has 692 valence electrons. The molecule has 0 spiro atoms. The van der Waals surface area contributed by atoms with Crippen molar-refractivity contribution < 1.29 is 0 Å². The van der Waals surface area contributed by atoms with E-state index in [0.29, 0.717) is 105 Å². The predicted molar refractivity (Wildman–Crippen MR) is 500 cm³/mol. The van der Waals surface area contributed by atoms with Crippen LogP contribution in [0.25, 0.3) is 0 Å². The highest BCUT2D eigenvalue weighted by Gasteiger charge is 2.20. The number of nitrogens with zero attached hydrogens (tertiary/aromatic N) is 14. The van der Waals surface area contributed by atoms with Crippen molar-refractivity contribution in [3.8, 4) is 0 Å². The fourth-order valence-corrected chi connectivity index (χ4v) is 16.0. The van der Waals surface area contributed by atoms with Crippen molar-refractivity contribution in [3.05, 3.63) is 0 Å². The van der Waals surface area contributed by atoms with Crippen LogP contribution in [0.2, 0.25) is 0 Å². The summed E-state index contributed by atoms with van der Waals surface area (Å²) < 4.78 is 0. The van der Waals surface area contributed by atoms with Crippen LogP contribution < -0.4 is 91.7 Å². The zero-order valence-electron chi connectivity index (χ0n) is 75.6. The Kier molecular flexibility index (Phi) is 88.2. The van der Waals surface area contributed by atoms with Gasteiger partial charge in [-0.2, -0.15) is 0 Å². The highest BCUT2D eigenvalue weighted by molar-refractivity contribution is 4.77. The van der Waals surface area contributed by atoms with Crippen LogP contribution in [-0.4, -0.2) is 448 Å². The molecule has 0 aromatic heterocycles. The number of hydrogen-bond acceptors (Lipinski definition) is 30. The lowest BCUT2D eigenvalue weighted by atomic mass is 10.2. The van der Waals surface area contributed by atoms with E-state index in [9.17, 15) is 0 Å². The SMILES string of the molecule is NCCCN(CCCN)CCCN(CCCN(CCCN)CCCN)CCCN(CCCN(CCCN(CCCN(CCCN)CCCN)CCCN(CCCN)CCCN)CCCN(CCCN(CCCN)CCCN)CCN(CCCN)CCCN)CCCN(CCCN(CCCN)CCCN)CCN(CCCN)CCCN. The fraction of sp³-hybridized carbons (Fsp3) is 1.00. The Balaban J connectivity index is 7.88. The molecular formula is C85H202N30. The van der Waals surface area contributed by atoms with Crippen molar-refractivity contribution in [2.24, 2.45) is 91.7 Å². The van der Waals surface area contributed by atoms with E-state index in [4.69, 9.17) is 91.7 Å². The van der Waals surface area contributed by atoms with Gasteiger partial charge in [0.15, 0.2) is 0 Å². The Morgan fingerprint density at radius 1 is 0.0696 bits per heavy atom. The molecule has 0 aliphatic rings. The Morgan fingerprint density at radius 2 is 0.122 bits per heavy atom. The second kappa shape index (κ2) is 89.1. The van der Waals surface area contributed by atoms with Crippen LogP contribution in [-0.2, 0) is 0 Å². The quantitative estimate of drug-likeness (QED) is 0.0350. The molecule has 30 nitrogen and oxygen atoms in total. The van der Waals surface area contributed by atoms with Gasteiger partial charge in [-0.05, 0) is 527 Å². The third-order valence-corrected chi connectivity index (χ3v) is 22.8. The Bertz CT molecular complexity index is 1630. The van der Waals surface area contributed by atoms with E-state index >= 15 is 0 Å². The normalized spacial score (nSPS) is 12.6. The lowest BCUT2D eigenvalue weighted by Gasteiger charge is -2.31. The van der Waals surface area contributed by atoms with E-state index in [1.807, 2.05) is 0 Å². The molecule has 0 amide bonds. The minimum Gasteiger partial charge on any atom is -0.330 e. The highest BCUT2D eigenvalue weighted by atomic mass is 15.2. The second-order valence-corrected chi connectivity index (χ2v) is 32.9. The van der Waals surface area contributed by atoms with Crippen LogP contribution in [0.5, 0.6) is 0 Å². The monoisotopic (exact) mass is 1640 g/mol. The first-order valence-electron chi connectivity index (χ1n) is 47.8. The lowest BCUT2D eigenvalue weighted by molar-refractivity contribution is 0.162. The molecule has 0 rings (SSSR count). The van der Waals surface area contributed by atoms with E-state index in [-0.39, 0.29) is 0 Å². The molecule has 0 atom stereocenters. The van der Waals surface area contributed by atoms with Crippen LogP contribution in [0.3, 0.4) is 0 Å². The van der Waals surface area contributed by atoms with Crippen LogP contribution in [0.15, 0.2) is 0 Å². The molecule has 0 fully saturated rings. The first-order valence-corrected chi connectivity index (χ1v) is 47.8. The van der Waals surface area contributed by atoms with Gasteiger partial charge in [-0.25, -0.2) is 0 Å². The molecule has 0 saturated carbocycles. The van der Waals surface area contributed by atoms with Crippen molar-refractivity contribution in [2.75, 3.05) is 380 Å². The number of rotatable bonds is 98. The van der Waals surface area contributed by atoms with Crippen LogP contribution in [0, 0.1) is 0 Å². The molecule has 32 N–H and O–H groups in total. The summed E-state index contributed by atoms with van der Waals surface area (Å²) in [6.45, 7) is 55.6. The summed E-state index contributed by atoms with van der Waals surface area (Å²) in [5.74, 6) is 0. The summed E-state index contributed by atoms with van der Waals surface area (Å²) in [4.78, 5) is 37.7. The lowest BCUT2D eigenvalue weighted by Crippen LogP contribution is -2.41. The minimum absolute atomic E-state index is 0.703. The molecule has 0 heterocycles. The standard InChI is InChI=1S/C85H202N30/c86-28-1-44-102(45-2-29-87)60-17-66-108(67-18-61-103(46-3-30-88)47-4-31-89)70-21-72-110(76-26-80-114(84-82-112(56-13-40-98)57-14-41-99)78-24-64-106(52-9-36-94)53-10-37-95)74-23-75-111(77-27-81-115(85-83-113(58-15-42-100)59-16-43-101)79-25-65-107(54-11-38-96)55-12-39-97)73-22-71-109(68-19-62-104(48-5-32-90)49-6-33-91)69-20-63-105(50-7-34-92)51-8-35-93/h1-101H2. The second-order valence-electron chi connectivity index (χ2n) is 32.9. The average molecular weight is 1640 g/mol. The van der Waals surface area contributed by atoms with Gasteiger partial charge in [0, 0.05) is 26.2 Å². The molecule has 0 bridgehead atoms. The number of nitrogens with two attached hydrogens (primary N) is 16. The van der Waals surface area contributed by atoms with E-state index in [1.54, 1.807) is 0 Å². The van der Waals surface area contributed by atoms with Crippen molar-refractivity contribution in [1.82, 2.24) is 68.6 Å². The molecule has 0 aromatic carbocycles. The third-order valence-electron chi connectivity index (χ3n) is 22.8. The van der Waals surface area contributed by atoms with Gasteiger partial charge in [-0.1, -0.05) is 0 Å². The molecule has 0 saturated heterocycles. The smallest absolute Gasteiger partial charge is 0.0109 e. The largest absolute Gasteiger partial charge is 0.330 e. The minimum atomic E-state index is 0.703. The van der Waals surface area contributed by atoms with Crippen molar-refractivity contribution >= 4 is 0 Å². The van der Waals surface area contributed by atoms with Gasteiger partial charge < -0.3 is 160 Å². The zero-order chi connectivity index (χ0) is 84.2. The maximum atomic E-state index is 6.14. The van der Waals surface area contributed by atoms with Gasteiger partial charge in [-0.15, -0.1) is 0 Å². The zero-order valence-corrected chi connectivity index (χ0v) is 75.6. The van der Waals surface area contributed by atoms with E-state index < -0.39 is 0 Å². The fourth-order valence-electron chi connectivity index (χ4n) is 16.0. The predicted octanol–water partition coefficient (Wildman–Crippen LogP) is -0.914. The molecule has 115 heavy (non-hydrogen) atoms. The summed E-state index contributed by atoms with van der Waals surface area (Å²) in [6.07, 6.45) is 28.6. The summed E-state index contributed by atoms with van der Waals surface area (Å²) in [6, 6.07) is 0. The van der Waals surface area contributed by atoms with Crippen LogP contribution in [0.1, 0.15) is 173 Å². The molecular weight excluding hydrogens is 1440 g/mol. The van der Waals surface area contributed by atoms with Gasteiger partial charge >= 0.3 is 0 Å². The van der Waals surface area contributed by atoms with Gasteiger partial charge in [0.1, 0.15) is 0 Å². The summed E-state index contributed by atoms with van der Waals surface area (Å²) >= 11 is 0. The summed E-state index contributed by atoms with van der Waals surface area (Å²) in [7, 11) is 0. The van der Waals surface area contributed by atoms with Gasteiger partial charge in [0.25, 0.3) is 0 Å². The van der Waals surface area contributed by atoms with Gasteiger partial charge in [0.05, 0.1) is 0 Å². The highest BCUT2D eigenvalue weighted by Crippen LogP contribution is 2.12. The third kappa shape index (κ3) is 71.9. The molecule has 0 aliphatic carbocycles. The van der Waals surface area contributed by atoms with E-state index in [1.165, 1.54) is 0 Å². The van der Waals surface area contributed by atoms with Crippen molar-refractivity contribution in [3.63, 3.8) is 0 Å². The Labute approximate surface area is 709 Å². The van der Waals surface area contributed by atoms with Gasteiger partial charge in [0.2, 0.25) is 0 Å². The Hall–Kier alpha value is -1.20. The molecule has 0 unspecified atom stereocenters.